The van der Waals surface area contributed by atoms with Crippen molar-refractivity contribution in [2.24, 2.45) is 0 Å². The van der Waals surface area contributed by atoms with Crippen molar-refractivity contribution in [3.63, 3.8) is 0 Å². The SMILES string of the molecule is COc1ccc(NC(=O)C=Cc2cccc(Oc3cc([N+](=O)[O-])cc([N+](=O)[O-])c3)c2)cc1OC. The van der Waals surface area contributed by atoms with Gasteiger partial charge in [-0.25, -0.2) is 0 Å². The molecule has 3 aromatic rings. The molecule has 11 heteroatoms. The molecule has 0 bridgehead atoms. The first kappa shape index (κ1) is 23.7. The maximum absolute atomic E-state index is 12.3. The van der Waals surface area contributed by atoms with Crippen LogP contribution in [0, 0.1) is 20.2 Å². The number of methoxy groups -OCH3 is 2. The van der Waals surface area contributed by atoms with Gasteiger partial charge in [0.25, 0.3) is 11.4 Å². The van der Waals surface area contributed by atoms with Crippen molar-refractivity contribution in [2.75, 3.05) is 19.5 Å². The minimum Gasteiger partial charge on any atom is -0.493 e. The fourth-order valence-electron chi connectivity index (χ4n) is 2.93. The number of non-ortho nitro benzene ring substituents is 2. The van der Waals surface area contributed by atoms with Gasteiger partial charge < -0.3 is 19.5 Å². The van der Waals surface area contributed by atoms with E-state index in [9.17, 15) is 25.0 Å². The summed E-state index contributed by atoms with van der Waals surface area (Å²) in [7, 11) is 3.00. The van der Waals surface area contributed by atoms with Crippen LogP contribution in [-0.2, 0) is 4.79 Å². The number of nitrogens with one attached hydrogen (secondary N) is 1. The van der Waals surface area contributed by atoms with Crippen molar-refractivity contribution in [2.45, 2.75) is 0 Å². The van der Waals surface area contributed by atoms with Crippen molar-refractivity contribution in [1.82, 2.24) is 0 Å². The molecular weight excluding hydrogens is 446 g/mol. The molecule has 0 spiro atoms. The van der Waals surface area contributed by atoms with Crippen molar-refractivity contribution in [1.29, 1.82) is 0 Å². The summed E-state index contributed by atoms with van der Waals surface area (Å²) < 4.78 is 16.0. The van der Waals surface area contributed by atoms with E-state index in [1.807, 2.05) is 0 Å². The summed E-state index contributed by atoms with van der Waals surface area (Å²) in [6.07, 6.45) is 2.85. The second-order valence-electron chi connectivity index (χ2n) is 6.77. The summed E-state index contributed by atoms with van der Waals surface area (Å²) in [6, 6.07) is 14.5. The highest BCUT2D eigenvalue weighted by Crippen LogP contribution is 2.31. The van der Waals surface area contributed by atoms with Crippen LogP contribution < -0.4 is 19.5 Å². The maximum Gasteiger partial charge on any atom is 0.280 e. The number of benzene rings is 3. The molecule has 11 nitrogen and oxygen atoms in total. The maximum atomic E-state index is 12.3. The minimum atomic E-state index is -0.740. The Labute approximate surface area is 193 Å². The van der Waals surface area contributed by atoms with E-state index < -0.39 is 27.1 Å². The van der Waals surface area contributed by atoms with Crippen molar-refractivity contribution in [3.8, 4) is 23.0 Å². The molecular formula is C23H19N3O8. The van der Waals surface area contributed by atoms with E-state index in [1.54, 1.807) is 48.5 Å². The molecule has 0 saturated carbocycles. The Morgan fingerprint density at radius 2 is 1.53 bits per heavy atom. The number of rotatable bonds is 9. The highest BCUT2D eigenvalue weighted by atomic mass is 16.6. The molecule has 3 aromatic carbocycles. The molecule has 1 N–H and O–H groups in total. The third-order valence-electron chi connectivity index (χ3n) is 4.47. The zero-order valence-electron chi connectivity index (χ0n) is 18.1. The second-order valence-corrected chi connectivity index (χ2v) is 6.77. The topological polar surface area (TPSA) is 143 Å². The lowest BCUT2D eigenvalue weighted by molar-refractivity contribution is -0.394. The second kappa shape index (κ2) is 10.6. The number of carbonyl (C=O) groups excluding carboxylic acids is 1. The molecule has 174 valence electrons. The average Bonchev–Trinajstić information content (AvgIpc) is 2.82. The van der Waals surface area contributed by atoms with Crippen LogP contribution in [0.2, 0.25) is 0 Å². The lowest BCUT2D eigenvalue weighted by Gasteiger charge is -2.09. The highest BCUT2D eigenvalue weighted by Gasteiger charge is 2.17. The summed E-state index contributed by atoms with van der Waals surface area (Å²) >= 11 is 0. The number of hydrogen-bond acceptors (Lipinski definition) is 8. The Balaban J connectivity index is 1.73. The zero-order chi connectivity index (χ0) is 24.7. The van der Waals surface area contributed by atoms with Gasteiger partial charge in [0.05, 0.1) is 42.3 Å². The Bertz CT molecular complexity index is 1240. The first-order valence-electron chi connectivity index (χ1n) is 9.72. The molecule has 0 aliphatic carbocycles. The van der Waals surface area contributed by atoms with Gasteiger partial charge in [0.2, 0.25) is 5.91 Å². The average molecular weight is 465 g/mol. The van der Waals surface area contributed by atoms with E-state index in [1.165, 1.54) is 20.3 Å². The Morgan fingerprint density at radius 3 is 2.15 bits per heavy atom. The zero-order valence-corrected chi connectivity index (χ0v) is 18.1. The Hall–Kier alpha value is -4.93. The molecule has 0 atom stereocenters. The minimum absolute atomic E-state index is 0.0618. The van der Waals surface area contributed by atoms with Crippen LogP contribution >= 0.6 is 0 Å². The summed E-state index contributed by atoms with van der Waals surface area (Å²) in [5.74, 6) is 0.816. The van der Waals surface area contributed by atoms with Crippen molar-refractivity contribution >= 4 is 29.0 Å². The smallest absolute Gasteiger partial charge is 0.280 e. The van der Waals surface area contributed by atoms with Gasteiger partial charge in [0.1, 0.15) is 11.5 Å². The van der Waals surface area contributed by atoms with Gasteiger partial charge in [0.15, 0.2) is 11.5 Å². The summed E-state index contributed by atoms with van der Waals surface area (Å²) in [6.45, 7) is 0. The third-order valence-corrected chi connectivity index (χ3v) is 4.47. The fourth-order valence-corrected chi connectivity index (χ4v) is 2.93. The predicted octanol–water partition coefficient (Wildman–Crippen LogP) is 4.96. The monoisotopic (exact) mass is 465 g/mol. The van der Waals surface area contributed by atoms with Gasteiger partial charge in [-0.15, -0.1) is 0 Å². The van der Waals surface area contributed by atoms with Crippen molar-refractivity contribution < 1.29 is 28.9 Å². The summed E-state index contributed by atoms with van der Waals surface area (Å²) in [5.41, 5.74) is 0.177. The van der Waals surface area contributed by atoms with Gasteiger partial charge in [-0.2, -0.15) is 0 Å². The van der Waals surface area contributed by atoms with E-state index in [4.69, 9.17) is 14.2 Å². The quantitative estimate of drug-likeness (QED) is 0.265. The number of carbonyl (C=O) groups is 1. The highest BCUT2D eigenvalue weighted by molar-refractivity contribution is 6.02. The molecule has 34 heavy (non-hydrogen) atoms. The standard InChI is InChI=1S/C23H19N3O8/c1-32-21-8-7-16(11-22(21)33-2)24-23(27)9-6-15-4-3-5-19(10-15)34-20-13-17(25(28)29)12-18(14-20)26(30)31/h3-14H,1-2H3,(H,24,27). The van der Waals surface area contributed by atoms with E-state index in [0.29, 0.717) is 22.7 Å². The Kier molecular flexibility index (Phi) is 7.39. The fraction of sp³-hybridized carbons (Fsp3) is 0.0870. The molecule has 0 fully saturated rings. The van der Waals surface area contributed by atoms with Crippen LogP contribution in [-0.4, -0.2) is 30.0 Å². The number of anilines is 1. The van der Waals surface area contributed by atoms with Crippen LogP contribution in [0.3, 0.4) is 0 Å². The van der Waals surface area contributed by atoms with Crippen LogP contribution in [0.5, 0.6) is 23.0 Å². The molecule has 0 radical (unpaired) electrons. The number of amides is 1. The largest absolute Gasteiger partial charge is 0.493 e. The summed E-state index contributed by atoms with van der Waals surface area (Å²) in [5, 5.41) is 24.8. The Morgan fingerprint density at radius 1 is 0.853 bits per heavy atom. The number of nitro benzene ring substituents is 2. The molecule has 0 aromatic heterocycles. The number of hydrogen-bond donors (Lipinski definition) is 1. The molecule has 0 aliphatic rings. The van der Waals surface area contributed by atoms with Crippen molar-refractivity contribution in [3.05, 3.63) is 92.5 Å². The van der Waals surface area contributed by atoms with Gasteiger partial charge in [-0.1, -0.05) is 12.1 Å². The molecule has 0 unspecified atom stereocenters. The first-order chi connectivity index (χ1) is 16.3. The number of nitro groups is 2. The van der Waals surface area contributed by atoms with E-state index in [-0.39, 0.29) is 11.5 Å². The first-order valence-corrected chi connectivity index (χ1v) is 9.72. The van der Waals surface area contributed by atoms with Crippen LogP contribution in [0.25, 0.3) is 6.08 Å². The molecule has 0 heterocycles. The normalized spacial score (nSPS) is 10.5. The predicted molar refractivity (Wildman–Crippen MR) is 123 cm³/mol. The van der Waals surface area contributed by atoms with E-state index in [0.717, 1.165) is 18.2 Å². The molecule has 3 rings (SSSR count). The van der Waals surface area contributed by atoms with Crippen LogP contribution in [0.1, 0.15) is 5.56 Å². The van der Waals surface area contributed by atoms with Gasteiger partial charge in [-0.3, -0.25) is 25.0 Å². The van der Waals surface area contributed by atoms with E-state index in [2.05, 4.69) is 5.32 Å². The number of nitrogens with zero attached hydrogens (tertiary/aromatic N) is 2. The van der Waals surface area contributed by atoms with E-state index >= 15 is 0 Å². The van der Waals surface area contributed by atoms with Gasteiger partial charge in [-0.05, 0) is 35.9 Å². The molecule has 1 amide bonds. The van der Waals surface area contributed by atoms with Gasteiger partial charge in [0, 0.05) is 17.8 Å². The van der Waals surface area contributed by atoms with Gasteiger partial charge >= 0.3 is 0 Å². The van der Waals surface area contributed by atoms with Crippen LogP contribution in [0.15, 0.2) is 66.7 Å². The third kappa shape index (κ3) is 6.07. The molecule has 0 saturated heterocycles. The summed E-state index contributed by atoms with van der Waals surface area (Å²) in [4.78, 5) is 32.9. The molecule has 0 aliphatic heterocycles. The lowest BCUT2D eigenvalue weighted by Crippen LogP contribution is -2.07. The number of ether oxygens (including phenoxy) is 3. The lowest BCUT2D eigenvalue weighted by atomic mass is 10.2. The van der Waals surface area contributed by atoms with Crippen LogP contribution in [0.4, 0.5) is 17.1 Å².